The van der Waals surface area contributed by atoms with E-state index in [1.807, 2.05) is 25.2 Å². The van der Waals surface area contributed by atoms with Crippen molar-refractivity contribution in [1.82, 2.24) is 24.7 Å². The lowest BCUT2D eigenvalue weighted by Crippen LogP contribution is -1.93. The molecule has 0 radical (unpaired) electrons. The van der Waals surface area contributed by atoms with Crippen LogP contribution in [0.3, 0.4) is 0 Å². The molecule has 0 fully saturated rings. The Labute approximate surface area is 108 Å². The van der Waals surface area contributed by atoms with Crippen molar-refractivity contribution in [3.63, 3.8) is 0 Å². The highest BCUT2D eigenvalue weighted by atomic mass is 32.2. The Bertz CT molecular complexity index is 665. The van der Waals surface area contributed by atoms with Crippen LogP contribution in [0.15, 0.2) is 41.9 Å². The van der Waals surface area contributed by atoms with Crippen LogP contribution >= 0.6 is 11.8 Å². The molecule has 0 aliphatic rings. The summed E-state index contributed by atoms with van der Waals surface area (Å²) in [6.45, 7) is 0. The van der Waals surface area contributed by atoms with Gasteiger partial charge in [-0.25, -0.2) is 9.97 Å². The summed E-state index contributed by atoms with van der Waals surface area (Å²) in [5, 5.41) is 6.13. The Morgan fingerprint density at radius 2 is 2.17 bits per heavy atom. The fourth-order valence-electron chi connectivity index (χ4n) is 1.68. The normalized spacial score (nSPS) is 10.9. The summed E-state index contributed by atoms with van der Waals surface area (Å²) >= 11 is 1.65. The van der Waals surface area contributed by atoms with E-state index >= 15 is 0 Å². The molecule has 0 N–H and O–H groups in total. The number of thioether (sulfide) groups is 1. The Morgan fingerprint density at radius 3 is 3.00 bits per heavy atom. The first-order chi connectivity index (χ1) is 8.84. The molecule has 0 bridgehead atoms. The summed E-state index contributed by atoms with van der Waals surface area (Å²) in [5.74, 6) is 0.793. The topological polar surface area (TPSA) is 56.5 Å². The second-order valence-electron chi connectivity index (χ2n) is 3.79. The lowest BCUT2D eigenvalue weighted by atomic mass is 10.4. The first kappa shape index (κ1) is 11.2. The van der Waals surface area contributed by atoms with Crippen molar-refractivity contribution < 1.29 is 0 Å². The van der Waals surface area contributed by atoms with Crippen LogP contribution in [0.25, 0.3) is 11.0 Å². The average Bonchev–Trinajstić information content (AvgIpc) is 2.80. The number of hydrogen-bond acceptors (Lipinski definition) is 5. The van der Waals surface area contributed by atoms with Gasteiger partial charge in [0.2, 0.25) is 0 Å². The molecule has 0 saturated carbocycles. The largest absolute Gasteiger partial charge is 0.260 e. The summed E-state index contributed by atoms with van der Waals surface area (Å²) in [6.07, 6.45) is 5.18. The molecule has 18 heavy (non-hydrogen) atoms. The zero-order valence-corrected chi connectivity index (χ0v) is 10.6. The number of fused-ring (bicyclic) bond motifs is 1. The van der Waals surface area contributed by atoms with Crippen molar-refractivity contribution in [3.8, 4) is 0 Å². The van der Waals surface area contributed by atoms with Gasteiger partial charge in [0.15, 0.2) is 5.65 Å². The Kier molecular flexibility index (Phi) is 2.93. The van der Waals surface area contributed by atoms with Crippen molar-refractivity contribution >= 4 is 22.8 Å². The van der Waals surface area contributed by atoms with Gasteiger partial charge in [0.1, 0.15) is 11.4 Å². The molecular formula is C12H11N5S. The number of pyridine rings is 1. The van der Waals surface area contributed by atoms with Gasteiger partial charge in [0.05, 0.1) is 17.3 Å². The van der Waals surface area contributed by atoms with Crippen LogP contribution in [0.1, 0.15) is 5.69 Å². The van der Waals surface area contributed by atoms with Gasteiger partial charge in [0.25, 0.3) is 0 Å². The van der Waals surface area contributed by atoms with Crippen molar-refractivity contribution in [1.29, 1.82) is 0 Å². The Morgan fingerprint density at radius 1 is 1.22 bits per heavy atom. The second kappa shape index (κ2) is 4.73. The molecule has 3 heterocycles. The van der Waals surface area contributed by atoms with Crippen LogP contribution in [0.2, 0.25) is 0 Å². The van der Waals surface area contributed by atoms with Crippen LogP contribution in [-0.2, 0) is 12.8 Å². The third-order valence-corrected chi connectivity index (χ3v) is 3.61. The van der Waals surface area contributed by atoms with E-state index in [1.54, 1.807) is 35.2 Å². The van der Waals surface area contributed by atoms with E-state index in [9.17, 15) is 0 Å². The molecular weight excluding hydrogens is 246 g/mol. The number of aromatic nitrogens is 5. The van der Waals surface area contributed by atoms with Crippen molar-refractivity contribution in [2.75, 3.05) is 0 Å². The number of aryl methyl sites for hydroxylation is 1. The summed E-state index contributed by atoms with van der Waals surface area (Å²) in [7, 11) is 1.88. The summed E-state index contributed by atoms with van der Waals surface area (Å²) < 4.78 is 1.75. The van der Waals surface area contributed by atoms with Gasteiger partial charge in [-0.2, -0.15) is 5.10 Å². The second-order valence-corrected chi connectivity index (χ2v) is 4.76. The number of hydrogen-bond donors (Lipinski definition) is 0. The van der Waals surface area contributed by atoms with E-state index in [1.165, 1.54) is 0 Å². The highest BCUT2D eigenvalue weighted by molar-refractivity contribution is 7.98. The predicted octanol–water partition coefficient (Wildman–Crippen LogP) is 2.05. The van der Waals surface area contributed by atoms with Crippen LogP contribution in [0, 0.1) is 0 Å². The molecule has 5 nitrogen and oxygen atoms in total. The molecule has 3 rings (SSSR count). The third-order valence-electron chi connectivity index (χ3n) is 2.58. The maximum absolute atomic E-state index is 4.31. The summed E-state index contributed by atoms with van der Waals surface area (Å²) in [5.41, 5.74) is 1.90. The minimum atomic E-state index is 0.793. The molecule has 90 valence electrons. The maximum Gasteiger partial charge on any atom is 0.162 e. The molecule has 3 aromatic rings. The molecule has 6 heteroatoms. The number of nitrogens with zero attached hydrogens (tertiary/aromatic N) is 5. The zero-order valence-electron chi connectivity index (χ0n) is 9.82. The summed E-state index contributed by atoms with van der Waals surface area (Å²) in [6, 6.07) is 5.91. The van der Waals surface area contributed by atoms with Gasteiger partial charge in [-0.3, -0.25) is 9.67 Å². The van der Waals surface area contributed by atoms with E-state index in [0.29, 0.717) is 0 Å². The fourth-order valence-corrected chi connectivity index (χ4v) is 2.56. The van der Waals surface area contributed by atoms with Gasteiger partial charge < -0.3 is 0 Å². The minimum absolute atomic E-state index is 0.793. The van der Waals surface area contributed by atoms with Crippen molar-refractivity contribution in [2.45, 2.75) is 10.8 Å². The average molecular weight is 257 g/mol. The molecule has 0 atom stereocenters. The van der Waals surface area contributed by atoms with Gasteiger partial charge in [-0.15, -0.1) is 0 Å². The number of rotatable bonds is 3. The first-order valence-corrected chi connectivity index (χ1v) is 6.48. The lowest BCUT2D eigenvalue weighted by Gasteiger charge is -2.01. The van der Waals surface area contributed by atoms with Gasteiger partial charge in [-0.05, 0) is 12.1 Å². The van der Waals surface area contributed by atoms with Gasteiger partial charge in [0, 0.05) is 19.0 Å². The SMILES string of the molecule is Cn1ncc2c(SCc3ccccn3)ncnc21. The standard InChI is InChI=1S/C12H11N5S/c1-17-11-10(6-16-17)12(15-8-14-11)18-7-9-4-2-3-5-13-9/h2-6,8H,7H2,1H3. The lowest BCUT2D eigenvalue weighted by molar-refractivity contribution is 0.784. The predicted molar refractivity (Wildman–Crippen MR) is 70.1 cm³/mol. The molecule has 0 aromatic carbocycles. The van der Waals surface area contributed by atoms with Gasteiger partial charge >= 0.3 is 0 Å². The zero-order chi connectivity index (χ0) is 12.4. The highest BCUT2D eigenvalue weighted by Gasteiger charge is 2.08. The molecule has 0 aliphatic heterocycles. The minimum Gasteiger partial charge on any atom is -0.260 e. The van der Waals surface area contributed by atoms with E-state index in [0.717, 1.165) is 27.5 Å². The van der Waals surface area contributed by atoms with Crippen LogP contribution < -0.4 is 0 Å². The van der Waals surface area contributed by atoms with Crippen molar-refractivity contribution in [3.05, 3.63) is 42.6 Å². The molecule has 0 unspecified atom stereocenters. The van der Waals surface area contributed by atoms with E-state index in [4.69, 9.17) is 0 Å². The molecule has 0 aliphatic carbocycles. The Hall–Kier alpha value is -1.95. The first-order valence-electron chi connectivity index (χ1n) is 5.50. The van der Waals surface area contributed by atoms with Crippen LogP contribution in [-0.4, -0.2) is 24.7 Å². The fraction of sp³-hybridized carbons (Fsp3) is 0.167. The van der Waals surface area contributed by atoms with Crippen LogP contribution in [0.4, 0.5) is 0 Å². The molecule has 0 spiro atoms. The van der Waals surface area contributed by atoms with Gasteiger partial charge in [-0.1, -0.05) is 17.8 Å². The highest BCUT2D eigenvalue weighted by Crippen LogP contribution is 2.26. The smallest absolute Gasteiger partial charge is 0.162 e. The Balaban J connectivity index is 1.87. The molecule has 0 saturated heterocycles. The maximum atomic E-state index is 4.31. The van der Waals surface area contributed by atoms with E-state index in [2.05, 4.69) is 20.1 Å². The molecule has 3 aromatic heterocycles. The van der Waals surface area contributed by atoms with E-state index < -0.39 is 0 Å². The molecule has 0 amide bonds. The van der Waals surface area contributed by atoms with Crippen molar-refractivity contribution in [2.24, 2.45) is 7.05 Å². The monoisotopic (exact) mass is 257 g/mol. The third kappa shape index (κ3) is 2.06. The quantitative estimate of drug-likeness (QED) is 0.531. The summed E-state index contributed by atoms with van der Waals surface area (Å²) in [4.78, 5) is 12.8. The van der Waals surface area contributed by atoms with E-state index in [-0.39, 0.29) is 0 Å². The van der Waals surface area contributed by atoms with Crippen LogP contribution in [0.5, 0.6) is 0 Å².